The van der Waals surface area contributed by atoms with Crippen LogP contribution >= 0.6 is 23.8 Å². The Morgan fingerprint density at radius 3 is 2.29 bits per heavy atom. The Bertz CT molecular complexity index is 998. The van der Waals surface area contributed by atoms with E-state index in [1.165, 1.54) is 24.3 Å². The van der Waals surface area contributed by atoms with Crippen LogP contribution in [0, 0.1) is 0 Å². The fraction of sp³-hybridized carbons (Fsp3) is 0.312. The van der Waals surface area contributed by atoms with Gasteiger partial charge in [-0.3, -0.25) is 24.4 Å². The molecule has 31 heavy (non-hydrogen) atoms. The number of aliphatic hydroxyl groups excluding tert-OH is 4. The van der Waals surface area contributed by atoms with Gasteiger partial charge in [0, 0.05) is 5.02 Å². The van der Waals surface area contributed by atoms with E-state index in [4.69, 9.17) is 33.5 Å². The number of halogens is 1. The molecule has 12 nitrogen and oxygen atoms in total. The summed E-state index contributed by atoms with van der Waals surface area (Å²) in [4.78, 5) is 26.0. The summed E-state index contributed by atoms with van der Waals surface area (Å²) in [5.41, 5.74) is -0.507. The molecule has 170 valence electrons. The highest BCUT2D eigenvalue weighted by atomic mass is 35.5. The fourth-order valence-electron chi connectivity index (χ4n) is 2.55. The fourth-order valence-corrected chi connectivity index (χ4v) is 3.47. The van der Waals surface area contributed by atoms with Crippen molar-refractivity contribution >= 4 is 56.8 Å². The summed E-state index contributed by atoms with van der Waals surface area (Å²) in [6.07, 6.45) is -8.20. The minimum Gasteiger partial charge on any atom is -0.394 e. The lowest BCUT2D eigenvalue weighted by molar-refractivity contribution is -0.122. The number of carbonyl (C=O) groups excluding carboxylic acids is 2. The van der Waals surface area contributed by atoms with Crippen LogP contribution in [0.3, 0.4) is 0 Å². The SMILES string of the molecule is O=C1NC(=S)N(c2ccc(Cl)cc2)C(=O)/C1=C/[C@H](O)[C@@H](OS(=O)(=O)O)[C@H](O)[C@H](O)CO. The van der Waals surface area contributed by atoms with Gasteiger partial charge in [0.2, 0.25) is 0 Å². The summed E-state index contributed by atoms with van der Waals surface area (Å²) in [6.45, 7) is -1.06. The maximum atomic E-state index is 12.8. The van der Waals surface area contributed by atoms with Crippen molar-refractivity contribution < 1.29 is 47.2 Å². The largest absolute Gasteiger partial charge is 0.397 e. The number of benzene rings is 1. The van der Waals surface area contributed by atoms with Crippen LogP contribution in [0.15, 0.2) is 35.9 Å². The maximum absolute atomic E-state index is 12.8. The molecule has 1 aromatic carbocycles. The van der Waals surface area contributed by atoms with E-state index in [-0.39, 0.29) is 10.8 Å². The quantitative estimate of drug-likeness (QED) is 0.104. The number of aliphatic hydroxyl groups is 4. The van der Waals surface area contributed by atoms with Gasteiger partial charge in [0.05, 0.1) is 12.3 Å². The number of nitrogens with zero attached hydrogens (tertiary/aromatic N) is 1. The number of rotatable bonds is 8. The monoisotopic (exact) mass is 496 g/mol. The molecule has 1 fully saturated rings. The van der Waals surface area contributed by atoms with Crippen LogP contribution in [0.5, 0.6) is 0 Å². The number of thiocarbonyl (C=S) groups is 1. The van der Waals surface area contributed by atoms with Crippen molar-refractivity contribution in [3.63, 3.8) is 0 Å². The number of hydrogen-bond acceptors (Lipinski definition) is 10. The Kier molecular flexibility index (Phi) is 8.21. The van der Waals surface area contributed by atoms with Crippen LogP contribution in [0.1, 0.15) is 0 Å². The molecule has 0 aromatic heterocycles. The van der Waals surface area contributed by atoms with Crippen molar-refractivity contribution in [1.82, 2.24) is 5.32 Å². The highest BCUT2D eigenvalue weighted by Gasteiger charge is 2.39. The lowest BCUT2D eigenvalue weighted by Crippen LogP contribution is -2.55. The first-order valence-corrected chi connectivity index (χ1v) is 10.5. The van der Waals surface area contributed by atoms with Crippen molar-refractivity contribution in [3.05, 3.63) is 40.9 Å². The summed E-state index contributed by atoms with van der Waals surface area (Å²) in [7, 11) is -5.26. The van der Waals surface area contributed by atoms with E-state index in [0.29, 0.717) is 11.1 Å². The zero-order valence-electron chi connectivity index (χ0n) is 15.3. The highest BCUT2D eigenvalue weighted by Crippen LogP contribution is 2.24. The first-order valence-electron chi connectivity index (χ1n) is 8.33. The van der Waals surface area contributed by atoms with E-state index >= 15 is 0 Å². The van der Waals surface area contributed by atoms with Crippen LogP contribution in [0.2, 0.25) is 5.02 Å². The van der Waals surface area contributed by atoms with E-state index in [1.807, 2.05) is 0 Å². The molecule has 0 radical (unpaired) electrons. The molecule has 15 heteroatoms. The van der Waals surface area contributed by atoms with Gasteiger partial charge in [-0.2, -0.15) is 8.42 Å². The molecule has 2 amide bonds. The number of nitrogens with one attached hydrogen (secondary N) is 1. The normalized spacial score (nSPS) is 20.4. The lowest BCUT2D eigenvalue weighted by Gasteiger charge is -2.30. The molecule has 4 atom stereocenters. The van der Waals surface area contributed by atoms with E-state index in [1.54, 1.807) is 0 Å². The molecule has 1 saturated heterocycles. The first-order chi connectivity index (χ1) is 14.4. The van der Waals surface area contributed by atoms with Crippen LogP contribution in [-0.4, -0.2) is 81.3 Å². The zero-order chi connectivity index (χ0) is 23.5. The molecule has 6 N–H and O–H groups in total. The van der Waals surface area contributed by atoms with Crippen LogP contribution in [0.4, 0.5) is 5.69 Å². The van der Waals surface area contributed by atoms with Gasteiger partial charge in [0.15, 0.2) is 5.11 Å². The average Bonchev–Trinajstić information content (AvgIpc) is 2.68. The van der Waals surface area contributed by atoms with Gasteiger partial charge in [-0.25, -0.2) is 4.18 Å². The molecule has 0 spiro atoms. The van der Waals surface area contributed by atoms with Gasteiger partial charge in [-0.15, -0.1) is 0 Å². The van der Waals surface area contributed by atoms with Crippen molar-refractivity contribution in [1.29, 1.82) is 0 Å². The van der Waals surface area contributed by atoms with Gasteiger partial charge in [0.25, 0.3) is 11.8 Å². The highest BCUT2D eigenvalue weighted by molar-refractivity contribution is 7.81. The second-order valence-corrected chi connectivity index (χ2v) is 8.05. The standard InChI is InChI=1S/C16H17ClN2O10S2/c17-7-1-3-8(4-2-7)19-15(25)9(14(24)18-16(19)30)5-10(21)13(29-31(26,27)28)12(23)11(22)6-20/h1-5,10-13,20-23H,6H2,(H,18,24,30)(H,26,27,28)/b9-5+/t10-,11+,12+,13+/m0/s1. The molecule has 2 rings (SSSR count). The Balaban J connectivity index is 2.42. The van der Waals surface area contributed by atoms with Crippen LogP contribution < -0.4 is 10.2 Å². The van der Waals surface area contributed by atoms with Gasteiger partial charge in [-0.1, -0.05) is 11.6 Å². The topological polar surface area (TPSA) is 194 Å². The van der Waals surface area contributed by atoms with Gasteiger partial charge < -0.3 is 20.4 Å². The number of hydrogen-bond donors (Lipinski definition) is 6. The minimum atomic E-state index is -5.26. The van der Waals surface area contributed by atoms with Crippen molar-refractivity contribution in [2.45, 2.75) is 24.4 Å². The first kappa shape index (κ1) is 25.3. The van der Waals surface area contributed by atoms with Crippen molar-refractivity contribution in [3.8, 4) is 0 Å². The summed E-state index contributed by atoms with van der Waals surface area (Å²) < 4.78 is 35.1. The predicted molar refractivity (Wildman–Crippen MR) is 109 cm³/mol. The Morgan fingerprint density at radius 1 is 1.19 bits per heavy atom. The third-order valence-electron chi connectivity index (χ3n) is 4.01. The van der Waals surface area contributed by atoms with Crippen molar-refractivity contribution in [2.24, 2.45) is 0 Å². The van der Waals surface area contributed by atoms with E-state index in [2.05, 4.69) is 9.50 Å². The molecule has 0 bridgehead atoms. The molecule has 1 aliphatic rings. The van der Waals surface area contributed by atoms with Gasteiger partial charge >= 0.3 is 10.4 Å². The molecule has 0 unspecified atom stereocenters. The van der Waals surface area contributed by atoms with E-state index < -0.39 is 58.8 Å². The van der Waals surface area contributed by atoms with E-state index in [0.717, 1.165) is 4.90 Å². The maximum Gasteiger partial charge on any atom is 0.397 e. The molecule has 1 aromatic rings. The molecular formula is C16H17ClN2O10S2. The van der Waals surface area contributed by atoms with Gasteiger partial charge in [-0.05, 0) is 42.6 Å². The van der Waals surface area contributed by atoms with E-state index in [9.17, 15) is 33.3 Å². The molecule has 1 heterocycles. The smallest absolute Gasteiger partial charge is 0.394 e. The number of carbonyl (C=O) groups is 2. The Hall–Kier alpha value is -2.01. The average molecular weight is 497 g/mol. The van der Waals surface area contributed by atoms with Crippen molar-refractivity contribution in [2.75, 3.05) is 11.5 Å². The zero-order valence-corrected chi connectivity index (χ0v) is 17.7. The Morgan fingerprint density at radius 2 is 1.77 bits per heavy atom. The van der Waals surface area contributed by atoms with Crippen LogP contribution in [0.25, 0.3) is 0 Å². The molecular weight excluding hydrogens is 480 g/mol. The molecule has 1 aliphatic heterocycles. The summed E-state index contributed by atoms with van der Waals surface area (Å²) in [5, 5.41) is 41.0. The molecule has 0 aliphatic carbocycles. The van der Waals surface area contributed by atoms with Crippen LogP contribution in [-0.2, 0) is 24.2 Å². The lowest BCUT2D eigenvalue weighted by atomic mass is 10.00. The minimum absolute atomic E-state index is 0.210. The number of amides is 2. The predicted octanol–water partition coefficient (Wildman–Crippen LogP) is -1.72. The second-order valence-electron chi connectivity index (χ2n) is 6.18. The summed E-state index contributed by atoms with van der Waals surface area (Å²) >= 11 is 10.8. The summed E-state index contributed by atoms with van der Waals surface area (Å²) in [6, 6.07) is 5.74. The second kappa shape index (κ2) is 10.1. The van der Waals surface area contributed by atoms with Gasteiger partial charge in [0.1, 0.15) is 30.0 Å². The third-order valence-corrected chi connectivity index (χ3v) is 5.01. The summed E-state index contributed by atoms with van der Waals surface area (Å²) in [5.74, 6) is -2.07. The number of anilines is 1. The third kappa shape index (κ3) is 6.25. The Labute approximate surface area is 186 Å². The molecule has 0 saturated carbocycles.